The summed E-state index contributed by atoms with van der Waals surface area (Å²) in [6.07, 6.45) is 2.92. The molecular formula is C9H17NO. The smallest absolute Gasteiger partial charge is 0.0684 e. The quantitative estimate of drug-likeness (QED) is 0.569. The summed E-state index contributed by atoms with van der Waals surface area (Å²) in [5.74, 6) is 0.652. The van der Waals surface area contributed by atoms with Gasteiger partial charge in [-0.1, -0.05) is 13.8 Å². The van der Waals surface area contributed by atoms with Gasteiger partial charge in [-0.3, -0.25) is 0 Å². The van der Waals surface area contributed by atoms with E-state index in [1.165, 1.54) is 12.8 Å². The van der Waals surface area contributed by atoms with Crippen LogP contribution in [0, 0.1) is 11.3 Å². The molecule has 0 aromatic carbocycles. The standard InChI is InChI=1S/C9H17NO/c1-9(2)7(10)6-4-3-5-11-8(6)9/h6-8H,3-5,10H2,1-2H3/t6-,7-,8+/m1/s1. The lowest BCUT2D eigenvalue weighted by Gasteiger charge is -2.58. The molecule has 2 heteroatoms. The molecule has 2 fully saturated rings. The summed E-state index contributed by atoms with van der Waals surface area (Å²) in [6.45, 7) is 5.37. The first-order valence-electron chi connectivity index (χ1n) is 4.51. The van der Waals surface area contributed by atoms with Crippen LogP contribution in [0.5, 0.6) is 0 Å². The van der Waals surface area contributed by atoms with Crippen molar-refractivity contribution >= 4 is 0 Å². The van der Waals surface area contributed by atoms with E-state index < -0.39 is 0 Å². The van der Waals surface area contributed by atoms with Gasteiger partial charge in [0.15, 0.2) is 0 Å². The molecular weight excluding hydrogens is 138 g/mol. The molecule has 1 saturated carbocycles. The Bertz CT molecular complexity index is 167. The molecule has 2 nitrogen and oxygen atoms in total. The van der Waals surface area contributed by atoms with E-state index in [4.69, 9.17) is 10.5 Å². The molecule has 1 heterocycles. The van der Waals surface area contributed by atoms with Crippen molar-refractivity contribution in [2.24, 2.45) is 17.1 Å². The number of nitrogens with two attached hydrogens (primary N) is 1. The average Bonchev–Trinajstić information content (AvgIpc) is 2.04. The van der Waals surface area contributed by atoms with Crippen molar-refractivity contribution in [1.29, 1.82) is 0 Å². The fourth-order valence-corrected chi connectivity index (χ4v) is 2.56. The maximum atomic E-state index is 6.03. The van der Waals surface area contributed by atoms with Gasteiger partial charge >= 0.3 is 0 Å². The molecule has 0 amide bonds. The van der Waals surface area contributed by atoms with Crippen LogP contribution in [0.25, 0.3) is 0 Å². The largest absolute Gasteiger partial charge is 0.377 e. The van der Waals surface area contributed by atoms with E-state index in [2.05, 4.69) is 13.8 Å². The van der Waals surface area contributed by atoms with E-state index in [1.807, 2.05) is 0 Å². The first-order chi connectivity index (χ1) is 5.14. The average molecular weight is 155 g/mol. The minimum Gasteiger partial charge on any atom is -0.377 e. The van der Waals surface area contributed by atoms with E-state index in [0.29, 0.717) is 18.1 Å². The van der Waals surface area contributed by atoms with E-state index in [1.54, 1.807) is 0 Å². The Balaban J connectivity index is 2.09. The topological polar surface area (TPSA) is 35.2 Å². The molecule has 0 bridgehead atoms. The van der Waals surface area contributed by atoms with Gasteiger partial charge in [-0.15, -0.1) is 0 Å². The highest BCUT2D eigenvalue weighted by molar-refractivity contribution is 5.08. The monoisotopic (exact) mass is 155 g/mol. The molecule has 0 aromatic rings. The van der Waals surface area contributed by atoms with Gasteiger partial charge in [-0.25, -0.2) is 0 Å². The lowest BCUT2D eigenvalue weighted by molar-refractivity contribution is -0.183. The first kappa shape index (κ1) is 7.56. The van der Waals surface area contributed by atoms with Gasteiger partial charge in [0, 0.05) is 24.0 Å². The summed E-state index contributed by atoms with van der Waals surface area (Å²) < 4.78 is 5.68. The van der Waals surface area contributed by atoms with E-state index in [9.17, 15) is 0 Å². The van der Waals surface area contributed by atoms with Crippen molar-refractivity contribution in [2.75, 3.05) is 6.61 Å². The van der Waals surface area contributed by atoms with Crippen molar-refractivity contribution in [3.63, 3.8) is 0 Å². The number of hydrogen-bond acceptors (Lipinski definition) is 2. The maximum Gasteiger partial charge on any atom is 0.0684 e. The lowest BCUT2D eigenvalue weighted by Crippen LogP contribution is -2.67. The molecule has 3 atom stereocenters. The minimum absolute atomic E-state index is 0.227. The normalized spacial score (nSPS) is 47.7. The summed E-state index contributed by atoms with van der Waals surface area (Å²) in [4.78, 5) is 0. The van der Waals surface area contributed by atoms with Crippen LogP contribution in [-0.4, -0.2) is 18.8 Å². The second-order valence-electron chi connectivity index (χ2n) is 4.44. The molecule has 11 heavy (non-hydrogen) atoms. The molecule has 2 N–H and O–H groups in total. The SMILES string of the molecule is CC1(C)[C@H](N)[C@H]2CCCO[C@@H]21. The van der Waals surface area contributed by atoms with Crippen LogP contribution in [0.15, 0.2) is 0 Å². The van der Waals surface area contributed by atoms with Crippen molar-refractivity contribution in [3.05, 3.63) is 0 Å². The molecule has 1 aliphatic carbocycles. The second-order valence-corrected chi connectivity index (χ2v) is 4.44. The van der Waals surface area contributed by atoms with Gasteiger partial charge in [-0.2, -0.15) is 0 Å². The summed E-state index contributed by atoms with van der Waals surface area (Å²) >= 11 is 0. The molecule has 64 valence electrons. The molecule has 0 radical (unpaired) electrons. The molecule has 2 rings (SSSR count). The van der Waals surface area contributed by atoms with Crippen molar-refractivity contribution < 1.29 is 4.74 Å². The van der Waals surface area contributed by atoms with Crippen LogP contribution in [0.2, 0.25) is 0 Å². The molecule has 2 aliphatic rings. The van der Waals surface area contributed by atoms with Crippen LogP contribution in [0.1, 0.15) is 26.7 Å². The predicted octanol–water partition coefficient (Wildman–Crippen LogP) is 1.15. The van der Waals surface area contributed by atoms with Crippen LogP contribution in [0.3, 0.4) is 0 Å². The zero-order valence-electron chi connectivity index (χ0n) is 7.34. The first-order valence-corrected chi connectivity index (χ1v) is 4.51. The Morgan fingerprint density at radius 3 is 2.82 bits per heavy atom. The zero-order chi connectivity index (χ0) is 8.06. The highest BCUT2D eigenvalue weighted by Crippen LogP contribution is 2.49. The zero-order valence-corrected chi connectivity index (χ0v) is 7.34. The number of rotatable bonds is 0. The van der Waals surface area contributed by atoms with Gasteiger partial charge in [-0.05, 0) is 12.8 Å². The van der Waals surface area contributed by atoms with Crippen LogP contribution in [-0.2, 0) is 4.74 Å². The van der Waals surface area contributed by atoms with Gasteiger partial charge in [0.05, 0.1) is 6.10 Å². The van der Waals surface area contributed by atoms with Crippen molar-refractivity contribution in [3.8, 4) is 0 Å². The van der Waals surface area contributed by atoms with E-state index in [0.717, 1.165) is 6.61 Å². The third-order valence-electron chi connectivity index (χ3n) is 3.42. The van der Waals surface area contributed by atoms with Crippen molar-refractivity contribution in [2.45, 2.75) is 38.8 Å². The predicted molar refractivity (Wildman–Crippen MR) is 44.2 cm³/mol. The van der Waals surface area contributed by atoms with Crippen LogP contribution >= 0.6 is 0 Å². The molecule has 1 aliphatic heterocycles. The number of ether oxygens (including phenoxy) is 1. The van der Waals surface area contributed by atoms with Crippen LogP contribution < -0.4 is 5.73 Å². The van der Waals surface area contributed by atoms with E-state index in [-0.39, 0.29) is 5.41 Å². The highest BCUT2D eigenvalue weighted by atomic mass is 16.5. The fraction of sp³-hybridized carbons (Fsp3) is 1.00. The molecule has 0 spiro atoms. The third-order valence-corrected chi connectivity index (χ3v) is 3.42. The van der Waals surface area contributed by atoms with Gasteiger partial charge in [0.2, 0.25) is 0 Å². The maximum absolute atomic E-state index is 6.03. The number of fused-ring (bicyclic) bond motifs is 1. The fourth-order valence-electron chi connectivity index (χ4n) is 2.56. The summed E-state index contributed by atoms with van der Waals surface area (Å²) in [6, 6.07) is 0.368. The van der Waals surface area contributed by atoms with Crippen molar-refractivity contribution in [1.82, 2.24) is 0 Å². The summed E-state index contributed by atoms with van der Waals surface area (Å²) in [5.41, 5.74) is 6.26. The molecule has 0 aromatic heterocycles. The molecule has 0 unspecified atom stereocenters. The second kappa shape index (κ2) is 2.20. The highest BCUT2D eigenvalue weighted by Gasteiger charge is 2.55. The lowest BCUT2D eigenvalue weighted by atomic mass is 9.56. The Kier molecular flexibility index (Phi) is 1.52. The summed E-state index contributed by atoms with van der Waals surface area (Å²) in [5, 5.41) is 0. The number of hydrogen-bond donors (Lipinski definition) is 1. The molecule has 1 saturated heterocycles. The van der Waals surface area contributed by atoms with Gasteiger partial charge < -0.3 is 10.5 Å². The van der Waals surface area contributed by atoms with Gasteiger partial charge in [0.25, 0.3) is 0 Å². The Labute approximate surface area is 68.1 Å². The Hall–Kier alpha value is -0.0800. The van der Waals surface area contributed by atoms with Gasteiger partial charge in [0.1, 0.15) is 0 Å². The summed E-state index contributed by atoms with van der Waals surface area (Å²) in [7, 11) is 0. The van der Waals surface area contributed by atoms with E-state index >= 15 is 0 Å². The van der Waals surface area contributed by atoms with Crippen LogP contribution in [0.4, 0.5) is 0 Å². The Morgan fingerprint density at radius 2 is 2.18 bits per heavy atom. The Morgan fingerprint density at radius 1 is 1.45 bits per heavy atom. The third kappa shape index (κ3) is 0.859. The minimum atomic E-state index is 0.227.